The number of carbonyl (C=O) groups excluding carboxylic acids is 1. The van der Waals surface area contributed by atoms with E-state index in [9.17, 15) is 4.79 Å². The highest BCUT2D eigenvalue weighted by Crippen LogP contribution is 2.05. The fourth-order valence-corrected chi connectivity index (χ4v) is 1.75. The quantitative estimate of drug-likeness (QED) is 0.707. The standard InChI is InChI=1S/C13H14N4OS/c14-13(19)11-3-1-9(2-4-11)5-12(18)15-6-10-7-16-17-8-10/h1-4,7-8H,5-6H2,(H2,14,19)(H,15,18)(H,16,17). The highest BCUT2D eigenvalue weighted by molar-refractivity contribution is 7.80. The molecule has 0 spiro atoms. The van der Waals surface area contributed by atoms with Gasteiger partial charge >= 0.3 is 0 Å². The van der Waals surface area contributed by atoms with Gasteiger partial charge in [-0.3, -0.25) is 9.89 Å². The first-order valence-electron chi connectivity index (χ1n) is 5.78. The number of nitrogens with zero attached hydrogens (tertiary/aromatic N) is 1. The summed E-state index contributed by atoms with van der Waals surface area (Å²) in [5.41, 5.74) is 8.18. The van der Waals surface area contributed by atoms with Gasteiger partial charge in [0.25, 0.3) is 0 Å². The second-order valence-electron chi connectivity index (χ2n) is 4.12. The molecule has 1 aromatic heterocycles. The van der Waals surface area contributed by atoms with Gasteiger partial charge in [0.15, 0.2) is 0 Å². The summed E-state index contributed by atoms with van der Waals surface area (Å²) >= 11 is 4.87. The average molecular weight is 274 g/mol. The normalized spacial score (nSPS) is 10.1. The van der Waals surface area contributed by atoms with Crippen LogP contribution < -0.4 is 11.1 Å². The number of rotatable bonds is 5. The van der Waals surface area contributed by atoms with E-state index in [2.05, 4.69) is 15.5 Å². The van der Waals surface area contributed by atoms with Crippen molar-refractivity contribution in [1.29, 1.82) is 0 Å². The maximum absolute atomic E-state index is 11.7. The molecule has 0 saturated carbocycles. The van der Waals surface area contributed by atoms with Gasteiger partial charge in [0.2, 0.25) is 5.91 Å². The number of aromatic nitrogens is 2. The Bertz CT molecular complexity index is 563. The van der Waals surface area contributed by atoms with E-state index in [1.807, 2.05) is 24.3 Å². The fraction of sp³-hybridized carbons (Fsp3) is 0.154. The van der Waals surface area contributed by atoms with E-state index in [1.165, 1.54) is 0 Å². The number of thiocarbonyl (C=S) groups is 1. The molecule has 0 radical (unpaired) electrons. The summed E-state index contributed by atoms with van der Waals surface area (Å²) in [4.78, 5) is 12.1. The second kappa shape index (κ2) is 6.10. The largest absolute Gasteiger partial charge is 0.389 e. The minimum Gasteiger partial charge on any atom is -0.389 e. The molecule has 4 N–H and O–H groups in total. The molecule has 1 aromatic carbocycles. The van der Waals surface area contributed by atoms with Crippen LogP contribution in [0.2, 0.25) is 0 Å². The van der Waals surface area contributed by atoms with Gasteiger partial charge < -0.3 is 11.1 Å². The molecule has 19 heavy (non-hydrogen) atoms. The van der Waals surface area contributed by atoms with E-state index >= 15 is 0 Å². The fourth-order valence-electron chi connectivity index (χ4n) is 1.61. The third kappa shape index (κ3) is 3.89. The van der Waals surface area contributed by atoms with Gasteiger partial charge in [0.05, 0.1) is 12.6 Å². The molecular formula is C13H14N4OS. The predicted octanol–water partition coefficient (Wildman–Crippen LogP) is 0.903. The lowest BCUT2D eigenvalue weighted by atomic mass is 10.1. The molecule has 5 nitrogen and oxygen atoms in total. The third-order valence-corrected chi connectivity index (χ3v) is 2.88. The van der Waals surface area contributed by atoms with Gasteiger partial charge in [-0.1, -0.05) is 36.5 Å². The van der Waals surface area contributed by atoms with Crippen molar-refractivity contribution in [3.05, 3.63) is 53.3 Å². The molecule has 2 aromatic rings. The third-order valence-electron chi connectivity index (χ3n) is 2.65. The predicted molar refractivity (Wildman–Crippen MR) is 76.5 cm³/mol. The molecule has 0 fully saturated rings. The highest BCUT2D eigenvalue weighted by atomic mass is 32.1. The maximum Gasteiger partial charge on any atom is 0.224 e. The van der Waals surface area contributed by atoms with Crippen molar-refractivity contribution in [2.45, 2.75) is 13.0 Å². The number of H-pyrrole nitrogens is 1. The number of carbonyl (C=O) groups is 1. The molecule has 2 rings (SSSR count). The van der Waals surface area contributed by atoms with Gasteiger partial charge in [-0.05, 0) is 5.56 Å². The Labute approximate surface area is 116 Å². The van der Waals surface area contributed by atoms with Gasteiger partial charge in [0.1, 0.15) is 4.99 Å². The van der Waals surface area contributed by atoms with Gasteiger partial charge in [-0.2, -0.15) is 5.10 Å². The summed E-state index contributed by atoms with van der Waals surface area (Å²) in [6.07, 6.45) is 3.75. The Balaban J connectivity index is 1.86. The molecule has 0 unspecified atom stereocenters. The maximum atomic E-state index is 11.7. The van der Waals surface area contributed by atoms with Crippen molar-refractivity contribution in [2.75, 3.05) is 0 Å². The van der Waals surface area contributed by atoms with Crippen LogP contribution in [0.5, 0.6) is 0 Å². The Morgan fingerprint density at radius 2 is 2.05 bits per heavy atom. The smallest absolute Gasteiger partial charge is 0.224 e. The van der Waals surface area contributed by atoms with Crippen molar-refractivity contribution in [3.8, 4) is 0 Å². The molecule has 0 aliphatic heterocycles. The lowest BCUT2D eigenvalue weighted by Crippen LogP contribution is -2.24. The van der Waals surface area contributed by atoms with Crippen molar-refractivity contribution < 1.29 is 4.79 Å². The van der Waals surface area contributed by atoms with Crippen LogP contribution in [0.3, 0.4) is 0 Å². The summed E-state index contributed by atoms with van der Waals surface area (Å²) in [6, 6.07) is 7.35. The van der Waals surface area contributed by atoms with Crippen LogP contribution in [0.1, 0.15) is 16.7 Å². The molecule has 0 aliphatic rings. The number of hydrogen-bond acceptors (Lipinski definition) is 3. The molecule has 6 heteroatoms. The van der Waals surface area contributed by atoms with Crippen LogP contribution in [0, 0.1) is 0 Å². The lowest BCUT2D eigenvalue weighted by Gasteiger charge is -2.05. The first kappa shape index (κ1) is 13.2. The Kier molecular flexibility index (Phi) is 4.25. The lowest BCUT2D eigenvalue weighted by molar-refractivity contribution is -0.120. The molecule has 0 bridgehead atoms. The second-order valence-corrected chi connectivity index (χ2v) is 4.56. The highest BCUT2D eigenvalue weighted by Gasteiger charge is 2.04. The van der Waals surface area contributed by atoms with Crippen LogP contribution in [0.25, 0.3) is 0 Å². The number of nitrogens with two attached hydrogens (primary N) is 1. The Hall–Kier alpha value is -2.21. The van der Waals surface area contributed by atoms with Crippen molar-refractivity contribution in [3.63, 3.8) is 0 Å². The number of hydrogen-bond donors (Lipinski definition) is 3. The van der Waals surface area contributed by atoms with E-state index in [0.29, 0.717) is 18.0 Å². The van der Waals surface area contributed by atoms with Crippen LogP contribution in [0.4, 0.5) is 0 Å². The van der Waals surface area contributed by atoms with Gasteiger partial charge in [-0.15, -0.1) is 0 Å². The summed E-state index contributed by atoms with van der Waals surface area (Å²) in [6.45, 7) is 0.473. The topological polar surface area (TPSA) is 83.8 Å². The zero-order valence-corrected chi connectivity index (χ0v) is 11.0. The van der Waals surface area contributed by atoms with Gasteiger partial charge in [-0.25, -0.2) is 0 Å². The number of benzene rings is 1. The van der Waals surface area contributed by atoms with Crippen molar-refractivity contribution >= 4 is 23.1 Å². The molecule has 98 valence electrons. The van der Waals surface area contributed by atoms with Crippen LogP contribution in [-0.4, -0.2) is 21.1 Å². The van der Waals surface area contributed by atoms with E-state index in [4.69, 9.17) is 18.0 Å². The molecule has 0 saturated heterocycles. The van der Waals surface area contributed by atoms with E-state index in [0.717, 1.165) is 16.7 Å². The van der Waals surface area contributed by atoms with Crippen molar-refractivity contribution in [2.24, 2.45) is 5.73 Å². The van der Waals surface area contributed by atoms with E-state index in [1.54, 1.807) is 12.4 Å². The summed E-state index contributed by atoms with van der Waals surface area (Å²) in [5.74, 6) is -0.0377. The Morgan fingerprint density at radius 3 is 2.63 bits per heavy atom. The minimum absolute atomic E-state index is 0.0377. The molecule has 1 heterocycles. The average Bonchev–Trinajstić information content (AvgIpc) is 2.90. The Morgan fingerprint density at radius 1 is 1.32 bits per heavy atom. The zero-order valence-electron chi connectivity index (χ0n) is 10.2. The van der Waals surface area contributed by atoms with Crippen LogP contribution >= 0.6 is 12.2 Å². The monoisotopic (exact) mass is 274 g/mol. The van der Waals surface area contributed by atoms with Crippen LogP contribution in [0.15, 0.2) is 36.7 Å². The van der Waals surface area contributed by atoms with Gasteiger partial charge in [0, 0.05) is 23.9 Å². The molecule has 0 atom stereocenters. The summed E-state index contributed by atoms with van der Waals surface area (Å²) in [5, 5.41) is 9.33. The molecule has 1 amide bonds. The number of amides is 1. The first-order chi connectivity index (χ1) is 9.15. The summed E-state index contributed by atoms with van der Waals surface area (Å²) in [7, 11) is 0. The number of aromatic amines is 1. The first-order valence-corrected chi connectivity index (χ1v) is 6.19. The van der Waals surface area contributed by atoms with Crippen molar-refractivity contribution in [1.82, 2.24) is 15.5 Å². The summed E-state index contributed by atoms with van der Waals surface area (Å²) < 4.78 is 0. The van der Waals surface area contributed by atoms with E-state index in [-0.39, 0.29) is 5.91 Å². The minimum atomic E-state index is -0.0377. The van der Waals surface area contributed by atoms with Crippen LogP contribution in [-0.2, 0) is 17.8 Å². The zero-order chi connectivity index (χ0) is 13.7. The SMILES string of the molecule is NC(=S)c1ccc(CC(=O)NCc2cn[nH]c2)cc1. The number of nitrogens with one attached hydrogen (secondary N) is 2. The van der Waals surface area contributed by atoms with E-state index < -0.39 is 0 Å². The molecular weight excluding hydrogens is 260 g/mol. The molecule has 0 aliphatic carbocycles.